The third-order valence-electron chi connectivity index (χ3n) is 3.80. The molecule has 1 atom stereocenters. The second-order valence-corrected chi connectivity index (χ2v) is 5.53. The lowest BCUT2D eigenvalue weighted by Gasteiger charge is -2.18. The molecule has 0 aliphatic carbocycles. The second kappa shape index (κ2) is 7.87. The van der Waals surface area contributed by atoms with Gasteiger partial charge < -0.3 is 29.1 Å². The van der Waals surface area contributed by atoms with Crippen molar-refractivity contribution in [2.75, 3.05) is 26.9 Å². The van der Waals surface area contributed by atoms with Crippen molar-refractivity contribution in [2.24, 2.45) is 0 Å². The van der Waals surface area contributed by atoms with Crippen LogP contribution in [0.15, 0.2) is 29.0 Å². The molecule has 138 valence electrons. The lowest BCUT2D eigenvalue weighted by atomic mass is 10.1. The molecule has 3 rings (SSSR count). The molecule has 1 aliphatic heterocycles. The third kappa shape index (κ3) is 3.77. The number of oxazole rings is 1. The van der Waals surface area contributed by atoms with E-state index in [2.05, 4.69) is 10.3 Å². The predicted octanol–water partition coefficient (Wildman–Crippen LogP) is 1.33. The van der Waals surface area contributed by atoms with E-state index in [0.717, 1.165) is 6.39 Å². The van der Waals surface area contributed by atoms with Crippen LogP contribution in [0.5, 0.6) is 11.5 Å². The number of carbonyl (C=O) groups excluding carboxylic acids is 1. The SMILES string of the molecule is COCCC(NC(=O)c1ncoc1-c1ccc2c(c1)OCCO2)C(=O)O. The number of benzene rings is 1. The normalized spacial score (nSPS) is 13.9. The summed E-state index contributed by atoms with van der Waals surface area (Å²) in [6, 6.07) is 4.02. The molecule has 9 heteroatoms. The number of hydrogen-bond donors (Lipinski definition) is 2. The highest BCUT2D eigenvalue weighted by Crippen LogP contribution is 2.35. The largest absolute Gasteiger partial charge is 0.486 e. The maximum atomic E-state index is 12.5. The maximum absolute atomic E-state index is 12.5. The summed E-state index contributed by atoms with van der Waals surface area (Å²) in [6.45, 7) is 1.10. The first-order chi connectivity index (χ1) is 12.6. The van der Waals surface area contributed by atoms with Crippen LogP contribution in [0.4, 0.5) is 0 Å². The van der Waals surface area contributed by atoms with Crippen molar-refractivity contribution in [3.8, 4) is 22.8 Å². The number of hydrogen-bond acceptors (Lipinski definition) is 7. The first-order valence-corrected chi connectivity index (χ1v) is 7.96. The van der Waals surface area contributed by atoms with Gasteiger partial charge in [-0.2, -0.15) is 0 Å². The predicted molar refractivity (Wildman–Crippen MR) is 88.3 cm³/mol. The van der Waals surface area contributed by atoms with E-state index in [0.29, 0.717) is 30.3 Å². The van der Waals surface area contributed by atoms with Crippen molar-refractivity contribution < 1.29 is 33.3 Å². The van der Waals surface area contributed by atoms with Gasteiger partial charge in [-0.1, -0.05) is 0 Å². The zero-order chi connectivity index (χ0) is 18.5. The molecule has 1 amide bonds. The summed E-state index contributed by atoms with van der Waals surface area (Å²) in [5.41, 5.74) is 0.561. The van der Waals surface area contributed by atoms with E-state index in [4.69, 9.17) is 18.6 Å². The Morgan fingerprint density at radius 2 is 2.08 bits per heavy atom. The summed E-state index contributed by atoms with van der Waals surface area (Å²) < 4.78 is 21.2. The van der Waals surface area contributed by atoms with Crippen LogP contribution in [0.25, 0.3) is 11.3 Å². The van der Waals surface area contributed by atoms with Crippen molar-refractivity contribution in [3.63, 3.8) is 0 Å². The molecule has 2 N–H and O–H groups in total. The van der Waals surface area contributed by atoms with Crippen LogP contribution in [0, 0.1) is 0 Å². The first-order valence-electron chi connectivity index (χ1n) is 7.96. The van der Waals surface area contributed by atoms with Gasteiger partial charge in [0.05, 0.1) is 0 Å². The summed E-state index contributed by atoms with van der Waals surface area (Å²) in [7, 11) is 1.46. The zero-order valence-electron chi connectivity index (χ0n) is 14.1. The quantitative estimate of drug-likeness (QED) is 0.757. The number of nitrogens with zero attached hydrogens (tertiary/aromatic N) is 1. The molecule has 0 fully saturated rings. The van der Waals surface area contributed by atoms with E-state index in [-0.39, 0.29) is 24.5 Å². The van der Waals surface area contributed by atoms with Crippen LogP contribution >= 0.6 is 0 Å². The van der Waals surface area contributed by atoms with Gasteiger partial charge in [-0.05, 0) is 18.2 Å². The van der Waals surface area contributed by atoms with Crippen LogP contribution in [0.2, 0.25) is 0 Å². The molecular weight excluding hydrogens is 344 g/mol. The van der Waals surface area contributed by atoms with Gasteiger partial charge in [0.15, 0.2) is 29.3 Å². The molecule has 0 saturated carbocycles. The monoisotopic (exact) mass is 362 g/mol. The topological polar surface area (TPSA) is 120 Å². The van der Waals surface area contributed by atoms with Crippen LogP contribution in [0.3, 0.4) is 0 Å². The summed E-state index contributed by atoms with van der Waals surface area (Å²) in [5, 5.41) is 11.6. The smallest absolute Gasteiger partial charge is 0.326 e. The van der Waals surface area contributed by atoms with Crippen LogP contribution in [0.1, 0.15) is 16.9 Å². The summed E-state index contributed by atoms with van der Waals surface area (Å²) >= 11 is 0. The Morgan fingerprint density at radius 3 is 2.81 bits per heavy atom. The standard InChI is InChI=1S/C17H18N2O7/c1-23-5-4-11(17(21)22)19-16(20)14-15(26-9-18-14)10-2-3-12-13(8-10)25-7-6-24-12/h2-3,8-9,11H,4-7H2,1H3,(H,19,20)(H,21,22). The molecule has 0 radical (unpaired) electrons. The van der Waals surface area contributed by atoms with Gasteiger partial charge in [0.1, 0.15) is 19.3 Å². The molecule has 9 nitrogen and oxygen atoms in total. The van der Waals surface area contributed by atoms with Gasteiger partial charge in [0.2, 0.25) is 0 Å². The minimum Gasteiger partial charge on any atom is -0.486 e. The number of carboxylic acids is 1. The zero-order valence-corrected chi connectivity index (χ0v) is 14.1. The Hall–Kier alpha value is -3.07. The van der Waals surface area contributed by atoms with Crippen molar-refractivity contribution in [1.29, 1.82) is 0 Å². The molecule has 0 saturated heterocycles. The molecule has 1 unspecified atom stereocenters. The van der Waals surface area contributed by atoms with Gasteiger partial charge in [-0.15, -0.1) is 0 Å². The first kappa shape index (κ1) is 17.7. The van der Waals surface area contributed by atoms with Crippen molar-refractivity contribution >= 4 is 11.9 Å². The molecular formula is C17H18N2O7. The number of aliphatic carboxylic acids is 1. The Morgan fingerprint density at radius 1 is 1.31 bits per heavy atom. The second-order valence-electron chi connectivity index (χ2n) is 5.53. The van der Waals surface area contributed by atoms with Gasteiger partial charge in [-0.25, -0.2) is 9.78 Å². The van der Waals surface area contributed by atoms with E-state index in [9.17, 15) is 14.7 Å². The summed E-state index contributed by atoms with van der Waals surface area (Å²) in [4.78, 5) is 27.7. The number of fused-ring (bicyclic) bond motifs is 1. The average molecular weight is 362 g/mol. The minimum atomic E-state index is -1.15. The lowest BCUT2D eigenvalue weighted by Crippen LogP contribution is -2.41. The van der Waals surface area contributed by atoms with Gasteiger partial charge in [0, 0.05) is 25.7 Å². The van der Waals surface area contributed by atoms with E-state index in [1.807, 2.05) is 0 Å². The maximum Gasteiger partial charge on any atom is 0.326 e. The molecule has 1 aromatic heterocycles. The molecule has 0 bridgehead atoms. The highest BCUT2D eigenvalue weighted by Gasteiger charge is 2.25. The molecule has 1 aromatic carbocycles. The van der Waals surface area contributed by atoms with Crippen molar-refractivity contribution in [1.82, 2.24) is 10.3 Å². The number of methoxy groups -OCH3 is 1. The minimum absolute atomic E-state index is 0.00894. The highest BCUT2D eigenvalue weighted by atomic mass is 16.6. The van der Waals surface area contributed by atoms with E-state index >= 15 is 0 Å². The number of aromatic nitrogens is 1. The average Bonchev–Trinajstić information content (AvgIpc) is 3.14. The Labute approximate surface area is 148 Å². The lowest BCUT2D eigenvalue weighted by molar-refractivity contribution is -0.139. The van der Waals surface area contributed by atoms with Gasteiger partial charge in [0.25, 0.3) is 5.91 Å². The van der Waals surface area contributed by atoms with E-state index in [1.54, 1.807) is 18.2 Å². The summed E-state index contributed by atoms with van der Waals surface area (Å²) in [6.07, 6.45) is 1.26. The number of rotatable bonds is 7. The molecule has 26 heavy (non-hydrogen) atoms. The van der Waals surface area contributed by atoms with E-state index in [1.165, 1.54) is 7.11 Å². The Kier molecular flexibility index (Phi) is 5.37. The fraction of sp³-hybridized carbons (Fsp3) is 0.353. The number of ether oxygens (including phenoxy) is 3. The number of carboxylic acid groups (broad SMARTS) is 1. The fourth-order valence-electron chi connectivity index (χ4n) is 2.52. The van der Waals surface area contributed by atoms with Gasteiger partial charge in [-0.3, -0.25) is 4.79 Å². The summed E-state index contributed by atoms with van der Waals surface area (Å²) in [5.74, 6) is -0.432. The third-order valence-corrected chi connectivity index (χ3v) is 3.80. The van der Waals surface area contributed by atoms with E-state index < -0.39 is 17.9 Å². The molecule has 0 spiro atoms. The Balaban J connectivity index is 1.81. The Bertz CT molecular complexity index is 802. The fourth-order valence-corrected chi connectivity index (χ4v) is 2.52. The van der Waals surface area contributed by atoms with Crippen molar-refractivity contribution in [2.45, 2.75) is 12.5 Å². The highest BCUT2D eigenvalue weighted by molar-refractivity contribution is 5.99. The number of amides is 1. The number of nitrogens with one attached hydrogen (secondary N) is 1. The van der Waals surface area contributed by atoms with Gasteiger partial charge >= 0.3 is 5.97 Å². The molecule has 2 aromatic rings. The van der Waals surface area contributed by atoms with Crippen LogP contribution in [-0.4, -0.2) is 54.9 Å². The van der Waals surface area contributed by atoms with Crippen LogP contribution in [-0.2, 0) is 9.53 Å². The van der Waals surface area contributed by atoms with Crippen molar-refractivity contribution in [3.05, 3.63) is 30.3 Å². The molecule has 1 aliphatic rings. The van der Waals surface area contributed by atoms with Crippen LogP contribution < -0.4 is 14.8 Å². The molecule has 2 heterocycles. The number of carbonyl (C=O) groups is 2.